The molecule has 1 amide bonds. The molecule has 1 aromatic carbocycles. The van der Waals surface area contributed by atoms with Gasteiger partial charge in [0.1, 0.15) is 6.61 Å². The van der Waals surface area contributed by atoms with E-state index in [1.165, 1.54) is 0 Å². The molecule has 5 nitrogen and oxygen atoms in total. The normalized spacial score (nSPS) is 18.4. The van der Waals surface area contributed by atoms with Crippen LogP contribution in [0.1, 0.15) is 18.4 Å². The lowest BCUT2D eigenvalue weighted by Crippen LogP contribution is -2.48. The number of piperidine rings is 1. The van der Waals surface area contributed by atoms with Crippen LogP contribution in [0.2, 0.25) is 0 Å². The summed E-state index contributed by atoms with van der Waals surface area (Å²) in [6.07, 6.45) is 1.64. The molecule has 1 fully saturated rings. The van der Waals surface area contributed by atoms with Crippen molar-refractivity contribution >= 4 is 6.09 Å². The molecule has 0 aromatic heterocycles. The first kappa shape index (κ1) is 14.4. The minimum atomic E-state index is -0.280. The zero-order chi connectivity index (χ0) is 14.2. The van der Waals surface area contributed by atoms with Gasteiger partial charge in [-0.2, -0.15) is 5.26 Å². The second kappa shape index (κ2) is 7.51. The molecular formula is C15H19N3O2. The second-order valence-corrected chi connectivity index (χ2v) is 4.86. The number of hydrogen-bond donors (Lipinski definition) is 1. The number of hydrogen-bond acceptors (Lipinski definition) is 4. The summed E-state index contributed by atoms with van der Waals surface area (Å²) >= 11 is 0. The summed E-state index contributed by atoms with van der Waals surface area (Å²) in [7, 11) is 0. The van der Waals surface area contributed by atoms with E-state index in [2.05, 4.69) is 11.4 Å². The molecule has 1 N–H and O–H groups in total. The van der Waals surface area contributed by atoms with Crippen molar-refractivity contribution in [3.05, 3.63) is 35.9 Å². The maximum absolute atomic E-state index is 12.0. The third-order valence-electron chi connectivity index (χ3n) is 3.35. The van der Waals surface area contributed by atoms with E-state index >= 15 is 0 Å². The quantitative estimate of drug-likeness (QED) is 0.851. The molecule has 106 valence electrons. The van der Waals surface area contributed by atoms with Crippen LogP contribution in [0.25, 0.3) is 0 Å². The average molecular weight is 273 g/mol. The Morgan fingerprint density at radius 1 is 1.45 bits per heavy atom. The minimum Gasteiger partial charge on any atom is -0.445 e. The molecule has 0 bridgehead atoms. The largest absolute Gasteiger partial charge is 0.445 e. The molecule has 1 aromatic rings. The number of nitrogens with one attached hydrogen (secondary N) is 1. The summed E-state index contributed by atoms with van der Waals surface area (Å²) in [4.78, 5) is 13.7. The van der Waals surface area contributed by atoms with Crippen molar-refractivity contribution in [1.29, 1.82) is 5.26 Å². The Balaban J connectivity index is 1.78. The van der Waals surface area contributed by atoms with Gasteiger partial charge in [0.15, 0.2) is 0 Å². The number of rotatable bonds is 4. The van der Waals surface area contributed by atoms with Gasteiger partial charge >= 0.3 is 6.09 Å². The van der Waals surface area contributed by atoms with Crippen molar-refractivity contribution in [1.82, 2.24) is 10.2 Å². The number of benzene rings is 1. The van der Waals surface area contributed by atoms with E-state index in [0.29, 0.717) is 19.7 Å². The molecule has 0 radical (unpaired) electrons. The molecule has 1 heterocycles. The topological polar surface area (TPSA) is 65.4 Å². The van der Waals surface area contributed by atoms with Crippen molar-refractivity contribution in [2.45, 2.75) is 25.5 Å². The predicted octanol–water partition coefficient (Wildman–Crippen LogP) is 1.90. The summed E-state index contributed by atoms with van der Waals surface area (Å²) in [6, 6.07) is 11.9. The first-order valence-electron chi connectivity index (χ1n) is 6.85. The van der Waals surface area contributed by atoms with Crippen LogP contribution in [0.3, 0.4) is 0 Å². The van der Waals surface area contributed by atoms with Crippen molar-refractivity contribution in [2.75, 3.05) is 19.6 Å². The molecule has 1 atom stereocenters. The van der Waals surface area contributed by atoms with Crippen LogP contribution in [0.5, 0.6) is 0 Å². The van der Waals surface area contributed by atoms with E-state index in [1.807, 2.05) is 30.3 Å². The van der Waals surface area contributed by atoms with Gasteiger partial charge in [0, 0.05) is 19.1 Å². The van der Waals surface area contributed by atoms with Crippen LogP contribution in [-0.2, 0) is 11.3 Å². The SMILES string of the molecule is N#CCNC1CCCN(C(=O)OCc2ccccc2)C1. The van der Waals surface area contributed by atoms with E-state index in [1.54, 1.807) is 4.90 Å². The van der Waals surface area contributed by atoms with Gasteiger partial charge < -0.3 is 9.64 Å². The van der Waals surface area contributed by atoms with Gasteiger partial charge in [-0.3, -0.25) is 5.32 Å². The number of nitrogens with zero attached hydrogens (tertiary/aromatic N) is 2. The Morgan fingerprint density at radius 3 is 3.00 bits per heavy atom. The Morgan fingerprint density at radius 2 is 2.25 bits per heavy atom. The molecule has 0 saturated carbocycles. The number of nitriles is 1. The Bertz CT molecular complexity index is 470. The van der Waals surface area contributed by atoms with Crippen LogP contribution < -0.4 is 5.32 Å². The molecular weight excluding hydrogens is 254 g/mol. The van der Waals surface area contributed by atoms with Gasteiger partial charge in [0.2, 0.25) is 0 Å². The maximum Gasteiger partial charge on any atom is 0.410 e. The van der Waals surface area contributed by atoms with E-state index in [0.717, 1.165) is 24.9 Å². The number of likely N-dealkylation sites (tertiary alicyclic amines) is 1. The third-order valence-corrected chi connectivity index (χ3v) is 3.35. The van der Waals surface area contributed by atoms with E-state index in [4.69, 9.17) is 10.00 Å². The molecule has 0 spiro atoms. The van der Waals surface area contributed by atoms with Crippen LogP contribution >= 0.6 is 0 Å². The first-order valence-corrected chi connectivity index (χ1v) is 6.85. The summed E-state index contributed by atoms with van der Waals surface area (Å²) in [5.41, 5.74) is 0.983. The van der Waals surface area contributed by atoms with Gasteiger partial charge in [-0.1, -0.05) is 30.3 Å². The molecule has 0 aliphatic carbocycles. The maximum atomic E-state index is 12.0. The van der Waals surface area contributed by atoms with Crippen LogP contribution in [0.4, 0.5) is 4.79 Å². The van der Waals surface area contributed by atoms with Crippen molar-refractivity contribution in [3.8, 4) is 6.07 Å². The van der Waals surface area contributed by atoms with Crippen LogP contribution in [0, 0.1) is 11.3 Å². The number of carbonyl (C=O) groups excluding carboxylic acids is 1. The fourth-order valence-corrected chi connectivity index (χ4v) is 2.31. The highest BCUT2D eigenvalue weighted by Gasteiger charge is 2.24. The summed E-state index contributed by atoms with van der Waals surface area (Å²) < 4.78 is 5.31. The summed E-state index contributed by atoms with van der Waals surface area (Å²) in [6.45, 7) is 1.94. The number of ether oxygens (including phenoxy) is 1. The lowest BCUT2D eigenvalue weighted by molar-refractivity contribution is 0.0837. The molecule has 2 rings (SSSR count). The van der Waals surface area contributed by atoms with Gasteiger partial charge in [0.05, 0.1) is 12.6 Å². The van der Waals surface area contributed by atoms with Crippen LogP contribution in [0.15, 0.2) is 30.3 Å². The first-order chi connectivity index (χ1) is 9.79. The highest BCUT2D eigenvalue weighted by Crippen LogP contribution is 2.12. The highest BCUT2D eigenvalue weighted by molar-refractivity contribution is 5.67. The average Bonchev–Trinajstić information content (AvgIpc) is 2.52. The van der Waals surface area contributed by atoms with Crippen molar-refractivity contribution in [2.24, 2.45) is 0 Å². The van der Waals surface area contributed by atoms with E-state index < -0.39 is 0 Å². The molecule has 1 aliphatic rings. The van der Waals surface area contributed by atoms with Crippen LogP contribution in [-0.4, -0.2) is 36.7 Å². The van der Waals surface area contributed by atoms with Gasteiger partial charge in [-0.05, 0) is 18.4 Å². The van der Waals surface area contributed by atoms with Crippen molar-refractivity contribution in [3.63, 3.8) is 0 Å². The molecule has 1 unspecified atom stereocenters. The third kappa shape index (κ3) is 4.25. The summed E-state index contributed by atoms with van der Waals surface area (Å²) in [5.74, 6) is 0. The Kier molecular flexibility index (Phi) is 5.39. The zero-order valence-corrected chi connectivity index (χ0v) is 11.4. The van der Waals surface area contributed by atoms with Gasteiger partial charge in [-0.15, -0.1) is 0 Å². The molecule has 1 saturated heterocycles. The van der Waals surface area contributed by atoms with Gasteiger partial charge in [0.25, 0.3) is 0 Å². The standard InChI is InChI=1S/C15H19N3O2/c16-8-9-17-14-7-4-10-18(11-14)15(19)20-12-13-5-2-1-3-6-13/h1-3,5-6,14,17H,4,7,9-12H2. The lowest BCUT2D eigenvalue weighted by atomic mass is 10.1. The Labute approximate surface area is 119 Å². The molecule has 5 heteroatoms. The monoisotopic (exact) mass is 273 g/mol. The fraction of sp³-hybridized carbons (Fsp3) is 0.467. The molecule has 20 heavy (non-hydrogen) atoms. The Hall–Kier alpha value is -2.06. The predicted molar refractivity (Wildman–Crippen MR) is 74.8 cm³/mol. The van der Waals surface area contributed by atoms with Gasteiger partial charge in [-0.25, -0.2) is 4.79 Å². The number of carbonyl (C=O) groups is 1. The minimum absolute atomic E-state index is 0.188. The second-order valence-electron chi connectivity index (χ2n) is 4.86. The number of amides is 1. The fourth-order valence-electron chi connectivity index (χ4n) is 2.31. The molecule has 1 aliphatic heterocycles. The summed E-state index contributed by atoms with van der Waals surface area (Å²) in [5, 5.41) is 11.7. The van der Waals surface area contributed by atoms with E-state index in [9.17, 15) is 4.79 Å². The lowest BCUT2D eigenvalue weighted by Gasteiger charge is -2.32. The van der Waals surface area contributed by atoms with Crippen molar-refractivity contribution < 1.29 is 9.53 Å². The van der Waals surface area contributed by atoms with E-state index in [-0.39, 0.29) is 12.1 Å². The smallest absolute Gasteiger partial charge is 0.410 e. The zero-order valence-electron chi connectivity index (χ0n) is 11.4. The highest BCUT2D eigenvalue weighted by atomic mass is 16.6.